The zero-order valence-corrected chi connectivity index (χ0v) is 21.6. The predicted octanol–water partition coefficient (Wildman–Crippen LogP) is 4.40. The third-order valence-electron chi connectivity index (χ3n) is 7.73. The van der Waals surface area contributed by atoms with Crippen molar-refractivity contribution >= 4 is 38.4 Å². The Labute approximate surface area is 207 Å². The number of thiophene rings is 1. The van der Waals surface area contributed by atoms with Crippen molar-refractivity contribution in [1.29, 1.82) is 0 Å². The molecule has 2 saturated heterocycles. The minimum absolute atomic E-state index is 0.586. The fourth-order valence-electron chi connectivity index (χ4n) is 5.65. The maximum absolute atomic E-state index is 6.51. The van der Waals surface area contributed by atoms with Gasteiger partial charge >= 0.3 is 0 Å². The molecule has 0 spiro atoms. The number of imidazole rings is 1. The van der Waals surface area contributed by atoms with Crippen LogP contribution in [0, 0.1) is 5.92 Å². The van der Waals surface area contributed by atoms with E-state index < -0.39 is 0 Å². The molecule has 0 unspecified atom stereocenters. The zero-order valence-electron chi connectivity index (χ0n) is 20.8. The van der Waals surface area contributed by atoms with E-state index in [2.05, 4.69) is 27.8 Å². The molecule has 0 aromatic carbocycles. The first kappa shape index (κ1) is 24.0. The zero-order chi connectivity index (χ0) is 23.5. The van der Waals surface area contributed by atoms with E-state index in [4.69, 9.17) is 20.4 Å². The lowest BCUT2D eigenvalue weighted by molar-refractivity contribution is 0.130. The number of fused-ring (bicyclic) bond motifs is 3. The molecule has 0 radical (unpaired) electrons. The number of hydrogen-bond donors (Lipinski definition) is 2. The number of likely N-dealkylation sites (tertiary alicyclic amines) is 1. The van der Waals surface area contributed by atoms with Gasteiger partial charge in [0.15, 0.2) is 5.82 Å². The van der Waals surface area contributed by atoms with Crippen molar-refractivity contribution in [2.75, 3.05) is 52.2 Å². The molecule has 0 bridgehead atoms. The van der Waals surface area contributed by atoms with E-state index in [0.717, 1.165) is 69.8 Å². The molecule has 0 atom stereocenters. The van der Waals surface area contributed by atoms with Crippen LogP contribution in [0.5, 0.6) is 0 Å². The number of nitrogens with zero attached hydrogens (tertiary/aromatic N) is 4. The highest BCUT2D eigenvalue weighted by molar-refractivity contribution is 7.20. The molecule has 186 valence electrons. The van der Waals surface area contributed by atoms with Crippen molar-refractivity contribution in [1.82, 2.24) is 24.8 Å². The number of anilines is 1. The molecule has 8 heteroatoms. The molecule has 0 saturated carbocycles. The smallest absolute Gasteiger partial charge is 0.152 e. The standard InChI is InChI=1S/C26H40N6OS/c1-3-4-5-22-30-23-24(32(22)17-18-6-10-28-11-7-18)25-20(29-26(23)27)16-21(34-25)19-8-12-31(13-9-19)14-15-33-2/h16,18-19,28H,3-15,17H2,1-2H3,(H2,27,29). The molecule has 0 aliphatic carbocycles. The Morgan fingerprint density at radius 1 is 1.18 bits per heavy atom. The van der Waals surface area contributed by atoms with Gasteiger partial charge in [0.2, 0.25) is 0 Å². The molecule has 3 N–H and O–H groups in total. The van der Waals surface area contributed by atoms with E-state index in [1.54, 1.807) is 7.11 Å². The summed E-state index contributed by atoms with van der Waals surface area (Å²) in [5.74, 6) is 3.08. The second kappa shape index (κ2) is 10.9. The van der Waals surface area contributed by atoms with Gasteiger partial charge in [-0.05, 0) is 76.2 Å². The molecule has 5 heterocycles. The van der Waals surface area contributed by atoms with Crippen LogP contribution in [0.15, 0.2) is 6.07 Å². The van der Waals surface area contributed by atoms with Gasteiger partial charge in [0.05, 0.1) is 22.3 Å². The van der Waals surface area contributed by atoms with Crippen molar-refractivity contribution in [3.8, 4) is 0 Å². The van der Waals surface area contributed by atoms with E-state index in [1.165, 1.54) is 53.0 Å². The first-order chi connectivity index (χ1) is 16.7. The highest BCUT2D eigenvalue weighted by Gasteiger charge is 2.26. The van der Waals surface area contributed by atoms with Crippen LogP contribution in [0.4, 0.5) is 5.82 Å². The summed E-state index contributed by atoms with van der Waals surface area (Å²) >= 11 is 1.94. The third kappa shape index (κ3) is 4.96. The molecule has 3 aromatic heterocycles. The average Bonchev–Trinajstić information content (AvgIpc) is 3.44. The summed E-state index contributed by atoms with van der Waals surface area (Å²) in [4.78, 5) is 13.9. The minimum atomic E-state index is 0.586. The maximum Gasteiger partial charge on any atom is 0.152 e. The topological polar surface area (TPSA) is 81.2 Å². The van der Waals surface area contributed by atoms with Crippen molar-refractivity contribution in [2.24, 2.45) is 5.92 Å². The minimum Gasteiger partial charge on any atom is -0.383 e. The van der Waals surface area contributed by atoms with E-state index in [9.17, 15) is 0 Å². The van der Waals surface area contributed by atoms with Gasteiger partial charge in [-0.25, -0.2) is 9.97 Å². The molecule has 7 nitrogen and oxygen atoms in total. The molecule has 2 aliphatic heterocycles. The monoisotopic (exact) mass is 484 g/mol. The number of nitrogen functional groups attached to an aromatic ring is 1. The number of nitrogens with two attached hydrogens (primary N) is 1. The first-order valence-corrected chi connectivity index (χ1v) is 14.0. The Balaban J connectivity index is 1.49. The number of ether oxygens (including phenoxy) is 1. The molecular weight excluding hydrogens is 444 g/mol. The van der Waals surface area contributed by atoms with E-state index in [0.29, 0.717) is 17.7 Å². The van der Waals surface area contributed by atoms with Crippen LogP contribution in [0.1, 0.15) is 62.1 Å². The first-order valence-electron chi connectivity index (χ1n) is 13.2. The van der Waals surface area contributed by atoms with Crippen molar-refractivity contribution in [2.45, 2.75) is 64.3 Å². The normalized spacial score (nSPS) is 19.0. The second-order valence-electron chi connectivity index (χ2n) is 10.1. The Hall–Kier alpha value is -1.74. The maximum atomic E-state index is 6.51. The fourth-order valence-corrected chi connectivity index (χ4v) is 6.97. The Kier molecular flexibility index (Phi) is 7.68. The number of piperidine rings is 2. The number of aryl methyl sites for hydroxylation is 1. The molecule has 2 aliphatic rings. The molecule has 34 heavy (non-hydrogen) atoms. The van der Waals surface area contributed by atoms with E-state index in [1.807, 2.05) is 11.3 Å². The van der Waals surface area contributed by atoms with Crippen molar-refractivity contribution < 1.29 is 4.74 Å². The van der Waals surface area contributed by atoms with Crippen LogP contribution in [0.2, 0.25) is 0 Å². The largest absolute Gasteiger partial charge is 0.383 e. The lowest BCUT2D eigenvalue weighted by Gasteiger charge is -2.31. The molecule has 5 rings (SSSR count). The van der Waals surface area contributed by atoms with Crippen molar-refractivity contribution in [3.05, 3.63) is 16.8 Å². The molecular formula is C26H40N6OS. The highest BCUT2D eigenvalue weighted by Crippen LogP contribution is 2.40. The SMILES string of the molecule is CCCCc1nc2c(N)nc3cc(C4CCN(CCOC)CC4)sc3c2n1CC1CCNCC1. The Bertz CT molecular complexity index is 1090. The molecule has 0 amide bonds. The number of aromatic nitrogens is 3. The van der Waals surface area contributed by atoms with Crippen LogP contribution in [0.25, 0.3) is 21.3 Å². The van der Waals surface area contributed by atoms with Crippen LogP contribution >= 0.6 is 11.3 Å². The summed E-state index contributed by atoms with van der Waals surface area (Å²) in [7, 11) is 1.78. The van der Waals surface area contributed by atoms with Gasteiger partial charge in [-0.1, -0.05) is 13.3 Å². The predicted molar refractivity (Wildman–Crippen MR) is 142 cm³/mol. The van der Waals surface area contributed by atoms with Crippen molar-refractivity contribution in [3.63, 3.8) is 0 Å². The van der Waals surface area contributed by atoms with E-state index >= 15 is 0 Å². The van der Waals surface area contributed by atoms with Gasteiger partial charge in [-0.3, -0.25) is 0 Å². The van der Waals surface area contributed by atoms with Gasteiger partial charge in [0, 0.05) is 31.5 Å². The summed E-state index contributed by atoms with van der Waals surface area (Å²) in [6, 6.07) is 2.32. The number of unbranched alkanes of at least 4 members (excludes halogenated alkanes) is 1. The number of hydrogen-bond acceptors (Lipinski definition) is 7. The highest BCUT2D eigenvalue weighted by atomic mass is 32.1. The fraction of sp³-hybridized carbons (Fsp3) is 0.692. The van der Waals surface area contributed by atoms with Gasteiger partial charge in [-0.2, -0.15) is 0 Å². The van der Waals surface area contributed by atoms with Crippen LogP contribution < -0.4 is 11.1 Å². The van der Waals surface area contributed by atoms with E-state index in [-0.39, 0.29) is 0 Å². The lowest BCUT2D eigenvalue weighted by Crippen LogP contribution is -2.35. The van der Waals surface area contributed by atoms with Gasteiger partial charge in [0.1, 0.15) is 11.3 Å². The van der Waals surface area contributed by atoms with Gasteiger partial charge < -0.3 is 25.3 Å². The third-order valence-corrected chi connectivity index (χ3v) is 9.03. The summed E-state index contributed by atoms with van der Waals surface area (Å²) in [6.45, 7) is 9.66. The number of methoxy groups -OCH3 is 1. The summed E-state index contributed by atoms with van der Waals surface area (Å²) in [5, 5.41) is 3.51. The number of rotatable bonds is 9. The quantitative estimate of drug-likeness (QED) is 0.469. The van der Waals surface area contributed by atoms with Crippen LogP contribution in [-0.4, -0.2) is 65.9 Å². The summed E-state index contributed by atoms with van der Waals surface area (Å²) in [6.07, 6.45) is 8.20. The lowest BCUT2D eigenvalue weighted by atomic mass is 9.95. The second-order valence-corrected chi connectivity index (χ2v) is 11.2. The van der Waals surface area contributed by atoms with Gasteiger partial charge in [0.25, 0.3) is 0 Å². The Morgan fingerprint density at radius 2 is 1.97 bits per heavy atom. The Morgan fingerprint density at radius 3 is 2.71 bits per heavy atom. The molecule has 3 aromatic rings. The average molecular weight is 485 g/mol. The number of nitrogens with one attached hydrogen (secondary N) is 1. The van der Waals surface area contributed by atoms with Crippen LogP contribution in [-0.2, 0) is 17.7 Å². The summed E-state index contributed by atoms with van der Waals surface area (Å²) in [5.41, 5.74) is 9.71. The van der Waals surface area contributed by atoms with Crippen LogP contribution in [0.3, 0.4) is 0 Å². The molecule has 2 fully saturated rings. The summed E-state index contributed by atoms with van der Waals surface area (Å²) < 4.78 is 9.07. The number of pyridine rings is 1. The van der Waals surface area contributed by atoms with Gasteiger partial charge in [-0.15, -0.1) is 11.3 Å².